The highest BCUT2D eigenvalue weighted by molar-refractivity contribution is 6.32. The first-order valence-electron chi connectivity index (χ1n) is 8.33. The Bertz CT molecular complexity index is 950. The van der Waals surface area contributed by atoms with Gasteiger partial charge in [0, 0.05) is 5.56 Å². The summed E-state index contributed by atoms with van der Waals surface area (Å²) in [6.45, 7) is 2.41. The maximum Gasteiger partial charge on any atom is 0.271 e. The highest BCUT2D eigenvalue weighted by Crippen LogP contribution is 2.19. The number of hydrazone groups is 1. The molecule has 7 heteroatoms. The smallest absolute Gasteiger partial charge is 0.271 e. The van der Waals surface area contributed by atoms with Crippen molar-refractivity contribution in [1.82, 2.24) is 15.2 Å². The molecule has 0 spiro atoms. The van der Waals surface area contributed by atoms with Crippen molar-refractivity contribution in [3.63, 3.8) is 0 Å². The van der Waals surface area contributed by atoms with Gasteiger partial charge in [-0.05, 0) is 36.8 Å². The second kappa shape index (κ2) is 8.51. The molecule has 1 amide bonds. The Hall–Kier alpha value is -3.12. The monoisotopic (exact) mass is 382 g/mol. The molecule has 0 radical (unpaired) electrons. The molecule has 1 heterocycles. The van der Waals surface area contributed by atoms with Gasteiger partial charge >= 0.3 is 0 Å². The van der Waals surface area contributed by atoms with E-state index in [2.05, 4.69) is 15.6 Å². The van der Waals surface area contributed by atoms with Gasteiger partial charge < -0.3 is 4.74 Å². The van der Waals surface area contributed by atoms with Gasteiger partial charge in [-0.1, -0.05) is 41.9 Å². The lowest BCUT2D eigenvalue weighted by Crippen LogP contribution is -2.17. The van der Waals surface area contributed by atoms with E-state index in [1.54, 1.807) is 36.1 Å². The first-order valence-corrected chi connectivity index (χ1v) is 8.70. The highest BCUT2D eigenvalue weighted by atomic mass is 35.5. The van der Waals surface area contributed by atoms with Gasteiger partial charge in [0.05, 0.1) is 31.1 Å². The number of hydrogen-bond acceptors (Lipinski definition) is 4. The Labute approximate surface area is 162 Å². The number of ether oxygens (including phenoxy) is 1. The summed E-state index contributed by atoms with van der Waals surface area (Å²) >= 11 is 6.43. The molecule has 3 aromatic rings. The summed E-state index contributed by atoms with van der Waals surface area (Å²) in [5.41, 5.74) is 5.47. The summed E-state index contributed by atoms with van der Waals surface area (Å²) < 4.78 is 6.78. The van der Waals surface area contributed by atoms with E-state index >= 15 is 0 Å². The van der Waals surface area contributed by atoms with Crippen molar-refractivity contribution in [1.29, 1.82) is 0 Å². The number of benzene rings is 2. The lowest BCUT2D eigenvalue weighted by Gasteiger charge is -2.03. The van der Waals surface area contributed by atoms with E-state index in [0.717, 1.165) is 11.3 Å². The van der Waals surface area contributed by atoms with Gasteiger partial charge in [-0.15, -0.1) is 0 Å². The summed E-state index contributed by atoms with van der Waals surface area (Å²) in [7, 11) is 1.57. The standard InChI is InChI=1S/C20H19ClN4O2/c1-14-18(19(21)25(24-14)13-15-6-4-3-5-7-15)12-22-23-20(26)16-8-10-17(27-2)11-9-16/h3-12H,13H2,1-2H3,(H,23,26)/b22-12-. The number of carbonyl (C=O) groups excluding carboxylic acids is 1. The summed E-state index contributed by atoms with van der Waals surface area (Å²) in [6.07, 6.45) is 1.51. The van der Waals surface area contributed by atoms with E-state index in [0.29, 0.717) is 28.6 Å². The molecule has 0 fully saturated rings. The number of nitrogens with zero attached hydrogens (tertiary/aromatic N) is 3. The van der Waals surface area contributed by atoms with E-state index in [1.165, 1.54) is 6.21 Å². The number of rotatable bonds is 6. The molecule has 0 aliphatic heterocycles. The van der Waals surface area contributed by atoms with Crippen molar-refractivity contribution < 1.29 is 9.53 Å². The van der Waals surface area contributed by atoms with Crippen LogP contribution in [-0.2, 0) is 6.54 Å². The van der Waals surface area contributed by atoms with Crippen LogP contribution in [0.5, 0.6) is 5.75 Å². The Balaban J connectivity index is 1.68. The molecule has 138 valence electrons. The van der Waals surface area contributed by atoms with E-state index < -0.39 is 0 Å². The van der Waals surface area contributed by atoms with Gasteiger partial charge in [-0.25, -0.2) is 10.1 Å². The number of aryl methyl sites for hydroxylation is 1. The van der Waals surface area contributed by atoms with Crippen molar-refractivity contribution in [2.45, 2.75) is 13.5 Å². The van der Waals surface area contributed by atoms with Gasteiger partial charge in [0.25, 0.3) is 5.91 Å². The average Bonchev–Trinajstić information content (AvgIpc) is 2.96. The summed E-state index contributed by atoms with van der Waals surface area (Å²) in [4.78, 5) is 12.1. The van der Waals surface area contributed by atoms with Crippen LogP contribution in [0, 0.1) is 6.92 Å². The molecule has 0 saturated carbocycles. The lowest BCUT2D eigenvalue weighted by molar-refractivity contribution is 0.0955. The third-order valence-corrected chi connectivity index (χ3v) is 4.40. The number of carbonyl (C=O) groups is 1. The van der Waals surface area contributed by atoms with Crippen molar-refractivity contribution >= 4 is 23.7 Å². The Kier molecular flexibility index (Phi) is 5.88. The fourth-order valence-electron chi connectivity index (χ4n) is 2.54. The topological polar surface area (TPSA) is 68.5 Å². The maximum absolute atomic E-state index is 12.1. The van der Waals surface area contributed by atoms with Crippen LogP contribution >= 0.6 is 11.6 Å². The molecule has 0 bridgehead atoms. The summed E-state index contributed by atoms with van der Waals surface area (Å²) in [5, 5.41) is 8.93. The first-order chi connectivity index (χ1) is 13.1. The van der Waals surface area contributed by atoms with Gasteiger partial charge in [-0.3, -0.25) is 4.79 Å². The second-order valence-corrected chi connectivity index (χ2v) is 6.22. The molecule has 0 aliphatic carbocycles. The van der Waals surface area contributed by atoms with Crippen molar-refractivity contribution in [3.05, 3.63) is 82.1 Å². The normalized spacial score (nSPS) is 10.9. The zero-order valence-electron chi connectivity index (χ0n) is 15.0. The minimum absolute atomic E-state index is 0.320. The largest absolute Gasteiger partial charge is 0.497 e. The van der Waals surface area contributed by atoms with E-state index in [1.807, 2.05) is 37.3 Å². The molecule has 2 aromatic carbocycles. The van der Waals surface area contributed by atoms with Crippen molar-refractivity contribution in [2.75, 3.05) is 7.11 Å². The van der Waals surface area contributed by atoms with Crippen LogP contribution in [0.4, 0.5) is 0 Å². The van der Waals surface area contributed by atoms with Gasteiger partial charge in [0.15, 0.2) is 0 Å². The number of aromatic nitrogens is 2. The minimum Gasteiger partial charge on any atom is -0.497 e. The van der Waals surface area contributed by atoms with Crippen molar-refractivity contribution in [2.24, 2.45) is 5.10 Å². The Morgan fingerprint density at radius 1 is 1.22 bits per heavy atom. The van der Waals surface area contributed by atoms with Gasteiger partial charge in [0.1, 0.15) is 10.9 Å². The van der Waals surface area contributed by atoms with Crippen LogP contribution in [0.1, 0.15) is 27.2 Å². The summed E-state index contributed by atoms with van der Waals surface area (Å²) in [6, 6.07) is 16.7. The van der Waals surface area contributed by atoms with Crippen LogP contribution in [0.25, 0.3) is 0 Å². The fourth-order valence-corrected chi connectivity index (χ4v) is 2.82. The quantitative estimate of drug-likeness (QED) is 0.522. The molecule has 1 aromatic heterocycles. The molecule has 0 unspecified atom stereocenters. The number of hydrogen-bond donors (Lipinski definition) is 1. The van der Waals surface area contributed by atoms with Crippen LogP contribution in [0.3, 0.4) is 0 Å². The zero-order valence-corrected chi connectivity index (χ0v) is 15.8. The summed E-state index contributed by atoms with van der Waals surface area (Å²) in [5.74, 6) is 0.364. The molecule has 0 atom stereocenters. The SMILES string of the molecule is COc1ccc(C(=O)N/N=C\c2c(C)nn(Cc3ccccc3)c2Cl)cc1. The molecule has 0 saturated heterocycles. The zero-order chi connectivity index (χ0) is 19.2. The maximum atomic E-state index is 12.1. The third kappa shape index (κ3) is 4.54. The van der Waals surface area contributed by atoms with Gasteiger partial charge in [-0.2, -0.15) is 10.2 Å². The van der Waals surface area contributed by atoms with Crippen LogP contribution < -0.4 is 10.2 Å². The number of halogens is 1. The number of methoxy groups -OCH3 is 1. The lowest BCUT2D eigenvalue weighted by atomic mass is 10.2. The van der Waals surface area contributed by atoms with E-state index in [-0.39, 0.29) is 5.91 Å². The number of amides is 1. The molecule has 6 nitrogen and oxygen atoms in total. The average molecular weight is 383 g/mol. The van der Waals surface area contributed by atoms with Crippen LogP contribution in [-0.4, -0.2) is 29.0 Å². The minimum atomic E-state index is -0.320. The molecule has 1 N–H and O–H groups in total. The van der Waals surface area contributed by atoms with Crippen molar-refractivity contribution in [3.8, 4) is 5.75 Å². The Morgan fingerprint density at radius 3 is 2.59 bits per heavy atom. The van der Waals surface area contributed by atoms with Crippen LogP contribution in [0.2, 0.25) is 5.15 Å². The second-order valence-electron chi connectivity index (χ2n) is 5.86. The molecule has 27 heavy (non-hydrogen) atoms. The Morgan fingerprint density at radius 2 is 1.93 bits per heavy atom. The molecular weight excluding hydrogens is 364 g/mol. The third-order valence-electron chi connectivity index (χ3n) is 4.00. The molecular formula is C20H19ClN4O2. The fraction of sp³-hybridized carbons (Fsp3) is 0.150. The predicted molar refractivity (Wildman–Crippen MR) is 106 cm³/mol. The first kappa shape index (κ1) is 18.7. The van der Waals surface area contributed by atoms with E-state index in [4.69, 9.17) is 16.3 Å². The van der Waals surface area contributed by atoms with E-state index in [9.17, 15) is 4.79 Å². The highest BCUT2D eigenvalue weighted by Gasteiger charge is 2.12. The van der Waals surface area contributed by atoms with Crippen LogP contribution in [0.15, 0.2) is 59.7 Å². The molecule has 3 rings (SSSR count). The predicted octanol–water partition coefficient (Wildman–Crippen LogP) is 3.67. The molecule has 0 aliphatic rings. The number of nitrogens with one attached hydrogen (secondary N) is 1. The van der Waals surface area contributed by atoms with Gasteiger partial charge in [0.2, 0.25) is 0 Å².